The lowest BCUT2D eigenvalue weighted by Gasteiger charge is -2.36. The van der Waals surface area contributed by atoms with Crippen molar-refractivity contribution >= 4 is 11.8 Å². The standard InChI is InChI=1S/C10H18NO2/c1-7(2)11(8(3)4)9(12)5-6-10(11)13/h7-8H,5-6H2,1-4H3/q+1. The molecule has 2 amide bonds. The third kappa shape index (κ3) is 1.22. The lowest BCUT2D eigenvalue weighted by atomic mass is 10.1. The summed E-state index contributed by atoms with van der Waals surface area (Å²) in [5, 5.41) is 0. The van der Waals surface area contributed by atoms with Crippen LogP contribution in [0.1, 0.15) is 40.5 Å². The van der Waals surface area contributed by atoms with E-state index in [9.17, 15) is 9.59 Å². The van der Waals surface area contributed by atoms with Crippen LogP contribution in [0.5, 0.6) is 0 Å². The molecule has 13 heavy (non-hydrogen) atoms. The Bertz CT molecular complexity index is 217. The average molecular weight is 184 g/mol. The van der Waals surface area contributed by atoms with Crippen LogP contribution in [-0.4, -0.2) is 28.4 Å². The molecule has 0 N–H and O–H groups in total. The Labute approximate surface area is 79.3 Å². The minimum atomic E-state index is 0.0556. The molecular weight excluding hydrogens is 166 g/mol. The number of hydrogen-bond acceptors (Lipinski definition) is 2. The van der Waals surface area contributed by atoms with Crippen LogP contribution < -0.4 is 0 Å². The zero-order valence-corrected chi connectivity index (χ0v) is 8.83. The van der Waals surface area contributed by atoms with Gasteiger partial charge < -0.3 is 0 Å². The Balaban J connectivity index is 3.15. The van der Waals surface area contributed by atoms with Crippen LogP contribution in [0.4, 0.5) is 0 Å². The van der Waals surface area contributed by atoms with Gasteiger partial charge in [-0.1, -0.05) is 0 Å². The predicted molar refractivity (Wildman–Crippen MR) is 49.8 cm³/mol. The van der Waals surface area contributed by atoms with Crippen LogP contribution in [0, 0.1) is 0 Å². The van der Waals surface area contributed by atoms with E-state index in [0.717, 1.165) is 0 Å². The highest BCUT2D eigenvalue weighted by atomic mass is 16.2. The summed E-state index contributed by atoms with van der Waals surface area (Å²) in [4.78, 5) is 23.5. The Morgan fingerprint density at radius 1 is 0.923 bits per heavy atom. The topological polar surface area (TPSA) is 34.1 Å². The monoisotopic (exact) mass is 184 g/mol. The molecule has 74 valence electrons. The molecule has 0 bridgehead atoms. The van der Waals surface area contributed by atoms with Gasteiger partial charge in [-0.25, -0.2) is 9.59 Å². The molecule has 1 aliphatic heterocycles. The molecule has 1 aliphatic rings. The molecule has 0 aliphatic carbocycles. The molecule has 1 heterocycles. The Kier molecular flexibility index (Phi) is 2.57. The number of nitrogens with zero attached hydrogens (tertiary/aromatic N) is 1. The van der Waals surface area contributed by atoms with Gasteiger partial charge in [0.05, 0.1) is 24.9 Å². The Morgan fingerprint density at radius 3 is 1.38 bits per heavy atom. The summed E-state index contributed by atoms with van der Waals surface area (Å²) >= 11 is 0. The van der Waals surface area contributed by atoms with Crippen LogP contribution in [0.3, 0.4) is 0 Å². The van der Waals surface area contributed by atoms with Gasteiger partial charge >= 0.3 is 11.8 Å². The number of hydrogen-bond donors (Lipinski definition) is 0. The van der Waals surface area contributed by atoms with Crippen molar-refractivity contribution in [2.75, 3.05) is 0 Å². The number of carbonyl (C=O) groups is 2. The van der Waals surface area contributed by atoms with Gasteiger partial charge in [-0.3, -0.25) is 0 Å². The molecular formula is C10H18NO2+. The molecule has 0 radical (unpaired) electrons. The van der Waals surface area contributed by atoms with Crippen molar-refractivity contribution in [2.45, 2.75) is 52.6 Å². The fourth-order valence-electron chi connectivity index (χ4n) is 2.47. The maximum Gasteiger partial charge on any atom is 0.322 e. The van der Waals surface area contributed by atoms with E-state index in [1.54, 1.807) is 0 Å². The van der Waals surface area contributed by atoms with Gasteiger partial charge in [0.2, 0.25) is 0 Å². The van der Waals surface area contributed by atoms with E-state index in [1.807, 2.05) is 27.7 Å². The quantitative estimate of drug-likeness (QED) is 0.481. The van der Waals surface area contributed by atoms with E-state index in [1.165, 1.54) is 0 Å². The van der Waals surface area contributed by atoms with Gasteiger partial charge in [0.25, 0.3) is 0 Å². The molecule has 3 nitrogen and oxygen atoms in total. The lowest BCUT2D eigenvalue weighted by Crippen LogP contribution is -2.61. The molecule has 1 saturated heterocycles. The zero-order valence-electron chi connectivity index (χ0n) is 8.83. The van der Waals surface area contributed by atoms with Crippen molar-refractivity contribution in [3.05, 3.63) is 0 Å². The summed E-state index contributed by atoms with van der Waals surface area (Å²) in [6.07, 6.45) is 0.852. The summed E-state index contributed by atoms with van der Waals surface area (Å²) in [7, 11) is 0. The maximum atomic E-state index is 11.7. The number of rotatable bonds is 2. The first-order valence-electron chi connectivity index (χ1n) is 4.89. The number of imide groups is 1. The first kappa shape index (κ1) is 10.4. The van der Waals surface area contributed by atoms with Gasteiger partial charge in [0.1, 0.15) is 0 Å². The van der Waals surface area contributed by atoms with Gasteiger partial charge in [0, 0.05) is 0 Å². The van der Waals surface area contributed by atoms with Crippen LogP contribution in [0.25, 0.3) is 0 Å². The summed E-state index contributed by atoms with van der Waals surface area (Å²) < 4.78 is 0.0556. The first-order chi connectivity index (χ1) is 5.94. The summed E-state index contributed by atoms with van der Waals surface area (Å²) in [6.45, 7) is 7.78. The van der Waals surface area contributed by atoms with Crippen LogP contribution in [0.15, 0.2) is 0 Å². The molecule has 0 aromatic rings. The van der Waals surface area contributed by atoms with Crippen molar-refractivity contribution in [3.63, 3.8) is 0 Å². The maximum absolute atomic E-state index is 11.7. The predicted octanol–water partition coefficient (Wildman–Crippen LogP) is 1.47. The first-order valence-corrected chi connectivity index (χ1v) is 4.89. The average Bonchev–Trinajstić information content (AvgIpc) is 2.27. The Hall–Kier alpha value is -0.700. The minimum absolute atomic E-state index is 0.0556. The highest BCUT2D eigenvalue weighted by molar-refractivity contribution is 5.92. The SMILES string of the molecule is CC(C)[N+]1(C(C)C)C(=O)CCC1=O. The van der Waals surface area contributed by atoms with Crippen LogP contribution in [0.2, 0.25) is 0 Å². The third-order valence-electron chi connectivity index (χ3n) is 3.01. The minimum Gasteiger partial charge on any atom is -0.230 e. The second-order valence-corrected chi connectivity index (χ2v) is 4.25. The molecule has 1 rings (SSSR count). The fraction of sp³-hybridized carbons (Fsp3) is 0.800. The van der Waals surface area contributed by atoms with Crippen molar-refractivity contribution in [2.24, 2.45) is 0 Å². The van der Waals surface area contributed by atoms with Gasteiger partial charge in [-0.2, -0.15) is 4.48 Å². The summed E-state index contributed by atoms with van der Waals surface area (Å²) in [5.74, 6) is 0.185. The molecule has 0 atom stereocenters. The highest BCUT2D eigenvalue weighted by Crippen LogP contribution is 2.29. The van der Waals surface area contributed by atoms with Crippen LogP contribution in [-0.2, 0) is 9.59 Å². The third-order valence-corrected chi connectivity index (χ3v) is 3.01. The van der Waals surface area contributed by atoms with Crippen molar-refractivity contribution < 1.29 is 14.1 Å². The van der Waals surface area contributed by atoms with E-state index in [4.69, 9.17) is 0 Å². The molecule has 0 unspecified atom stereocenters. The van der Waals surface area contributed by atoms with Crippen molar-refractivity contribution in [1.82, 2.24) is 0 Å². The van der Waals surface area contributed by atoms with E-state index in [0.29, 0.717) is 12.8 Å². The lowest BCUT2D eigenvalue weighted by molar-refractivity contribution is -0.818. The van der Waals surface area contributed by atoms with E-state index in [2.05, 4.69) is 0 Å². The second-order valence-electron chi connectivity index (χ2n) is 4.25. The number of carbonyl (C=O) groups excluding carboxylic acids is 2. The van der Waals surface area contributed by atoms with Crippen molar-refractivity contribution in [1.29, 1.82) is 0 Å². The van der Waals surface area contributed by atoms with Crippen LogP contribution >= 0.6 is 0 Å². The largest absolute Gasteiger partial charge is 0.322 e. The highest BCUT2D eigenvalue weighted by Gasteiger charge is 2.53. The second kappa shape index (κ2) is 3.22. The van der Waals surface area contributed by atoms with E-state index < -0.39 is 0 Å². The normalized spacial score (nSPS) is 22.0. The molecule has 1 fully saturated rings. The van der Waals surface area contributed by atoms with Gasteiger partial charge in [0.15, 0.2) is 0 Å². The number of likely N-dealkylation sites (tertiary alicyclic amines) is 1. The smallest absolute Gasteiger partial charge is 0.230 e. The fourth-order valence-corrected chi connectivity index (χ4v) is 2.47. The zero-order chi connectivity index (χ0) is 10.2. The van der Waals surface area contributed by atoms with E-state index in [-0.39, 0.29) is 28.4 Å². The van der Waals surface area contributed by atoms with Gasteiger partial charge in [-0.05, 0) is 27.7 Å². The molecule has 0 spiro atoms. The molecule has 0 aromatic heterocycles. The van der Waals surface area contributed by atoms with Gasteiger partial charge in [-0.15, -0.1) is 0 Å². The number of quaternary nitrogens is 1. The molecule has 0 saturated carbocycles. The molecule has 0 aromatic carbocycles. The summed E-state index contributed by atoms with van der Waals surface area (Å²) in [5.41, 5.74) is 0. The van der Waals surface area contributed by atoms with E-state index >= 15 is 0 Å². The number of amides is 2. The molecule has 3 heteroatoms. The Morgan fingerprint density at radius 2 is 1.23 bits per heavy atom. The summed E-state index contributed by atoms with van der Waals surface area (Å²) in [6, 6.07) is 0.144. The van der Waals surface area contributed by atoms with Crippen molar-refractivity contribution in [3.8, 4) is 0 Å².